The third-order valence-corrected chi connectivity index (χ3v) is 3.85. The van der Waals surface area contributed by atoms with Gasteiger partial charge < -0.3 is 14.6 Å². The van der Waals surface area contributed by atoms with Crippen molar-refractivity contribution in [2.45, 2.75) is 19.8 Å². The number of fused-ring (bicyclic) bond motifs is 1. The maximum atomic E-state index is 5.52. The van der Waals surface area contributed by atoms with Gasteiger partial charge >= 0.3 is 0 Å². The molecule has 102 valence electrons. The van der Waals surface area contributed by atoms with E-state index in [1.165, 1.54) is 12.8 Å². The first-order chi connectivity index (χ1) is 9.36. The molecule has 2 heterocycles. The summed E-state index contributed by atoms with van der Waals surface area (Å²) < 4.78 is 5.52. The summed E-state index contributed by atoms with van der Waals surface area (Å²) in [6, 6.07) is 8.20. The maximum absolute atomic E-state index is 5.52. The Morgan fingerprint density at radius 1 is 1.32 bits per heavy atom. The van der Waals surface area contributed by atoms with Crippen LogP contribution in [0.3, 0.4) is 0 Å². The molecule has 4 nitrogen and oxygen atoms in total. The molecule has 1 fully saturated rings. The molecule has 4 heteroatoms. The van der Waals surface area contributed by atoms with E-state index in [2.05, 4.69) is 33.9 Å². The highest BCUT2D eigenvalue weighted by atomic mass is 16.5. The second-order valence-corrected chi connectivity index (χ2v) is 5.17. The van der Waals surface area contributed by atoms with Crippen LogP contribution in [-0.4, -0.2) is 36.3 Å². The summed E-state index contributed by atoms with van der Waals surface area (Å²) in [6.45, 7) is 5.92. The zero-order valence-electron chi connectivity index (χ0n) is 11.4. The van der Waals surface area contributed by atoms with Crippen LogP contribution in [0.5, 0.6) is 0 Å². The third kappa shape index (κ3) is 2.73. The lowest BCUT2D eigenvalue weighted by Crippen LogP contribution is -2.35. The monoisotopic (exact) mass is 259 g/mol. The van der Waals surface area contributed by atoms with Crippen molar-refractivity contribution in [3.05, 3.63) is 24.3 Å². The smallest absolute Gasteiger partial charge is 0.203 e. The number of benzene rings is 1. The standard InChI is InChI=1S/C15H21N3O/c1-2-19-11-12-7-9-18(10-8-12)15-16-13-5-3-4-6-14(13)17-15/h3-6,12H,2,7-11H2,1H3,(H,16,17). The number of hydrogen-bond donors (Lipinski definition) is 1. The summed E-state index contributed by atoms with van der Waals surface area (Å²) in [5.41, 5.74) is 2.17. The Labute approximate surface area is 113 Å². The minimum absolute atomic E-state index is 0.709. The van der Waals surface area contributed by atoms with E-state index in [4.69, 9.17) is 4.74 Å². The number of nitrogens with one attached hydrogen (secondary N) is 1. The SMILES string of the molecule is CCOCC1CCN(c2nc3ccccc3[nH]2)CC1. The fourth-order valence-corrected chi connectivity index (χ4v) is 2.69. The van der Waals surface area contributed by atoms with Crippen LogP contribution in [0.25, 0.3) is 11.0 Å². The quantitative estimate of drug-likeness (QED) is 0.918. The zero-order chi connectivity index (χ0) is 13.1. The number of hydrogen-bond acceptors (Lipinski definition) is 3. The summed E-state index contributed by atoms with van der Waals surface area (Å²) >= 11 is 0. The van der Waals surface area contributed by atoms with Gasteiger partial charge in [0.15, 0.2) is 0 Å². The molecule has 0 atom stereocenters. The van der Waals surface area contributed by atoms with Gasteiger partial charge in [0.2, 0.25) is 5.95 Å². The number of imidazole rings is 1. The minimum Gasteiger partial charge on any atom is -0.381 e. The van der Waals surface area contributed by atoms with Gasteiger partial charge in [0.25, 0.3) is 0 Å². The Balaban J connectivity index is 1.64. The lowest BCUT2D eigenvalue weighted by molar-refractivity contribution is 0.100. The average Bonchev–Trinajstić information content (AvgIpc) is 2.89. The molecule has 0 saturated carbocycles. The Hall–Kier alpha value is -1.55. The number of para-hydroxylation sites is 2. The van der Waals surface area contributed by atoms with E-state index in [0.717, 1.165) is 43.3 Å². The van der Waals surface area contributed by atoms with Gasteiger partial charge in [0.05, 0.1) is 11.0 Å². The molecule has 0 bridgehead atoms. The first kappa shape index (κ1) is 12.5. The molecule has 1 N–H and O–H groups in total. The number of rotatable bonds is 4. The fraction of sp³-hybridized carbons (Fsp3) is 0.533. The maximum Gasteiger partial charge on any atom is 0.203 e. The minimum atomic E-state index is 0.709. The number of anilines is 1. The molecule has 19 heavy (non-hydrogen) atoms. The molecule has 0 amide bonds. The predicted molar refractivity (Wildman–Crippen MR) is 77.5 cm³/mol. The van der Waals surface area contributed by atoms with E-state index >= 15 is 0 Å². The molecular formula is C15H21N3O. The molecule has 1 saturated heterocycles. The van der Waals surface area contributed by atoms with Gasteiger partial charge in [-0.3, -0.25) is 0 Å². The van der Waals surface area contributed by atoms with Crippen LogP contribution < -0.4 is 4.90 Å². The molecule has 0 radical (unpaired) electrons. The van der Waals surface area contributed by atoms with E-state index in [9.17, 15) is 0 Å². The number of nitrogens with zero attached hydrogens (tertiary/aromatic N) is 2. The first-order valence-electron chi connectivity index (χ1n) is 7.14. The molecule has 1 aliphatic rings. The van der Waals surface area contributed by atoms with E-state index in [-0.39, 0.29) is 0 Å². The number of ether oxygens (including phenoxy) is 1. The van der Waals surface area contributed by atoms with Crippen molar-refractivity contribution in [1.29, 1.82) is 0 Å². The molecular weight excluding hydrogens is 238 g/mol. The van der Waals surface area contributed by atoms with Gasteiger partial charge in [-0.2, -0.15) is 0 Å². The highest BCUT2D eigenvalue weighted by Gasteiger charge is 2.21. The molecule has 2 aromatic rings. The summed E-state index contributed by atoms with van der Waals surface area (Å²) in [4.78, 5) is 10.4. The Kier molecular flexibility index (Phi) is 3.69. The Morgan fingerprint density at radius 3 is 2.84 bits per heavy atom. The van der Waals surface area contributed by atoms with Gasteiger partial charge in [0.1, 0.15) is 0 Å². The van der Waals surface area contributed by atoms with Crippen molar-refractivity contribution in [1.82, 2.24) is 9.97 Å². The molecule has 1 aromatic heterocycles. The van der Waals surface area contributed by atoms with E-state index < -0.39 is 0 Å². The topological polar surface area (TPSA) is 41.1 Å². The van der Waals surface area contributed by atoms with Crippen LogP contribution in [0.4, 0.5) is 5.95 Å². The van der Waals surface area contributed by atoms with Crippen LogP contribution in [0, 0.1) is 5.92 Å². The lowest BCUT2D eigenvalue weighted by Gasteiger charge is -2.31. The van der Waals surface area contributed by atoms with Gasteiger partial charge in [-0.05, 0) is 37.8 Å². The average molecular weight is 259 g/mol. The van der Waals surface area contributed by atoms with Crippen molar-refractivity contribution in [2.24, 2.45) is 5.92 Å². The number of piperidine rings is 1. The predicted octanol–water partition coefficient (Wildman–Crippen LogP) is 2.82. The third-order valence-electron chi connectivity index (χ3n) is 3.85. The Morgan fingerprint density at radius 2 is 2.11 bits per heavy atom. The molecule has 3 rings (SSSR count). The number of aromatic nitrogens is 2. The van der Waals surface area contributed by atoms with Crippen molar-refractivity contribution in [2.75, 3.05) is 31.2 Å². The molecule has 1 aromatic carbocycles. The summed E-state index contributed by atoms with van der Waals surface area (Å²) in [5, 5.41) is 0. The highest BCUT2D eigenvalue weighted by Crippen LogP contribution is 2.23. The van der Waals surface area contributed by atoms with Crippen LogP contribution in [-0.2, 0) is 4.74 Å². The van der Waals surface area contributed by atoms with Gasteiger partial charge in [0, 0.05) is 26.3 Å². The highest BCUT2D eigenvalue weighted by molar-refractivity contribution is 5.77. The van der Waals surface area contributed by atoms with Gasteiger partial charge in [-0.25, -0.2) is 4.98 Å². The summed E-state index contributed by atoms with van der Waals surface area (Å²) in [7, 11) is 0. The fourth-order valence-electron chi connectivity index (χ4n) is 2.69. The molecule has 0 spiro atoms. The van der Waals surface area contributed by atoms with E-state index in [1.807, 2.05) is 12.1 Å². The summed E-state index contributed by atoms with van der Waals surface area (Å²) in [6.07, 6.45) is 2.38. The van der Waals surface area contributed by atoms with Crippen LogP contribution in [0.2, 0.25) is 0 Å². The van der Waals surface area contributed by atoms with Crippen LogP contribution >= 0.6 is 0 Å². The van der Waals surface area contributed by atoms with Gasteiger partial charge in [-0.15, -0.1) is 0 Å². The second kappa shape index (κ2) is 5.61. The molecule has 0 unspecified atom stereocenters. The van der Waals surface area contributed by atoms with E-state index in [0.29, 0.717) is 5.92 Å². The van der Waals surface area contributed by atoms with Crippen LogP contribution in [0.1, 0.15) is 19.8 Å². The molecule has 1 aliphatic heterocycles. The number of aromatic amines is 1. The largest absolute Gasteiger partial charge is 0.381 e. The van der Waals surface area contributed by atoms with Crippen molar-refractivity contribution in [3.63, 3.8) is 0 Å². The molecule has 0 aliphatic carbocycles. The van der Waals surface area contributed by atoms with Crippen LogP contribution in [0.15, 0.2) is 24.3 Å². The van der Waals surface area contributed by atoms with Gasteiger partial charge in [-0.1, -0.05) is 12.1 Å². The number of H-pyrrole nitrogens is 1. The Bertz CT molecular complexity index is 496. The summed E-state index contributed by atoms with van der Waals surface area (Å²) in [5.74, 6) is 1.72. The van der Waals surface area contributed by atoms with Crippen molar-refractivity contribution in [3.8, 4) is 0 Å². The lowest BCUT2D eigenvalue weighted by atomic mass is 9.98. The van der Waals surface area contributed by atoms with Crippen molar-refractivity contribution >= 4 is 17.0 Å². The van der Waals surface area contributed by atoms with Crippen molar-refractivity contribution < 1.29 is 4.74 Å². The van der Waals surface area contributed by atoms with E-state index in [1.54, 1.807) is 0 Å². The normalized spacial score (nSPS) is 17.2. The first-order valence-corrected chi connectivity index (χ1v) is 7.14. The second-order valence-electron chi connectivity index (χ2n) is 5.17. The zero-order valence-corrected chi connectivity index (χ0v) is 11.4.